The van der Waals surface area contributed by atoms with Gasteiger partial charge in [0.25, 0.3) is 5.91 Å². The molecule has 1 aliphatic rings. The second kappa shape index (κ2) is 7.36. The summed E-state index contributed by atoms with van der Waals surface area (Å²) >= 11 is 0. The molecule has 0 spiro atoms. The monoisotopic (exact) mass is 326 g/mol. The van der Waals surface area contributed by atoms with E-state index in [2.05, 4.69) is 5.32 Å². The van der Waals surface area contributed by atoms with Gasteiger partial charge in [-0.25, -0.2) is 0 Å². The lowest BCUT2D eigenvalue weighted by Gasteiger charge is -2.30. The van der Waals surface area contributed by atoms with E-state index in [0.717, 1.165) is 30.0 Å². The molecular weight excluding hydrogens is 304 g/mol. The molecule has 0 radical (unpaired) electrons. The number of benzene rings is 2. The Morgan fingerprint density at radius 1 is 1.21 bits per heavy atom. The molecule has 1 fully saturated rings. The fourth-order valence-corrected chi connectivity index (χ4v) is 2.92. The van der Waals surface area contributed by atoms with Gasteiger partial charge in [0.1, 0.15) is 5.75 Å². The van der Waals surface area contributed by atoms with Crippen LogP contribution in [0.3, 0.4) is 0 Å². The zero-order chi connectivity index (χ0) is 16.9. The predicted octanol–water partition coefficient (Wildman–Crippen LogP) is 3.04. The fraction of sp³-hybridized carbons (Fsp3) is 0.316. The molecule has 1 unspecified atom stereocenters. The fourth-order valence-electron chi connectivity index (χ4n) is 2.92. The first-order chi connectivity index (χ1) is 11.7. The lowest BCUT2D eigenvalue weighted by Crippen LogP contribution is -2.42. The van der Waals surface area contributed by atoms with Gasteiger partial charge >= 0.3 is 0 Å². The average molecular weight is 326 g/mol. The van der Waals surface area contributed by atoms with Gasteiger partial charge < -0.3 is 20.1 Å². The molecule has 1 amide bonds. The van der Waals surface area contributed by atoms with Gasteiger partial charge in [-0.2, -0.15) is 0 Å². The molecule has 126 valence electrons. The highest BCUT2D eigenvalue weighted by atomic mass is 16.5. The molecule has 0 aromatic heterocycles. The van der Waals surface area contributed by atoms with Crippen LogP contribution >= 0.6 is 0 Å². The molecule has 0 saturated carbocycles. The van der Waals surface area contributed by atoms with E-state index in [1.54, 1.807) is 12.0 Å². The Labute approximate surface area is 141 Å². The topological polar surface area (TPSA) is 61.8 Å². The maximum Gasteiger partial charge on any atom is 0.256 e. The normalized spacial score (nSPS) is 17.4. The van der Waals surface area contributed by atoms with Crippen molar-refractivity contribution in [1.82, 2.24) is 4.90 Å². The Hall–Kier alpha value is -2.53. The Morgan fingerprint density at radius 2 is 1.96 bits per heavy atom. The van der Waals surface area contributed by atoms with Gasteiger partial charge in [-0.3, -0.25) is 4.79 Å². The van der Waals surface area contributed by atoms with Crippen molar-refractivity contribution in [2.24, 2.45) is 0 Å². The Balaban J connectivity index is 1.80. The summed E-state index contributed by atoms with van der Waals surface area (Å²) in [5, 5.41) is 13.1. The molecule has 1 heterocycles. The van der Waals surface area contributed by atoms with Crippen LogP contribution in [0.25, 0.3) is 0 Å². The highest BCUT2D eigenvalue weighted by molar-refractivity contribution is 6.00. The maximum atomic E-state index is 12.8. The smallest absolute Gasteiger partial charge is 0.256 e. The largest absolute Gasteiger partial charge is 0.497 e. The van der Waals surface area contributed by atoms with E-state index in [1.165, 1.54) is 0 Å². The van der Waals surface area contributed by atoms with Crippen molar-refractivity contribution < 1.29 is 14.6 Å². The first-order valence-electron chi connectivity index (χ1n) is 8.15. The molecule has 3 rings (SSSR count). The summed E-state index contributed by atoms with van der Waals surface area (Å²) in [5.74, 6) is 0.734. The summed E-state index contributed by atoms with van der Waals surface area (Å²) in [6, 6.07) is 15.0. The summed E-state index contributed by atoms with van der Waals surface area (Å²) in [5.41, 5.74) is 2.25. The minimum absolute atomic E-state index is 0.0506. The summed E-state index contributed by atoms with van der Waals surface area (Å²) in [7, 11) is 1.63. The number of ether oxygens (including phenoxy) is 1. The zero-order valence-corrected chi connectivity index (χ0v) is 13.7. The molecule has 2 N–H and O–H groups in total. The van der Waals surface area contributed by atoms with Crippen molar-refractivity contribution >= 4 is 17.3 Å². The quantitative estimate of drug-likeness (QED) is 0.906. The molecule has 0 bridgehead atoms. The van der Waals surface area contributed by atoms with Crippen molar-refractivity contribution in [3.8, 4) is 5.75 Å². The van der Waals surface area contributed by atoms with Crippen LogP contribution in [0.2, 0.25) is 0 Å². The number of carbonyl (C=O) groups is 1. The number of hydrogen-bond acceptors (Lipinski definition) is 4. The van der Waals surface area contributed by atoms with Gasteiger partial charge in [0.15, 0.2) is 0 Å². The van der Waals surface area contributed by atoms with Gasteiger partial charge in [-0.05, 0) is 49.2 Å². The summed E-state index contributed by atoms with van der Waals surface area (Å²) in [6.45, 7) is 1.09. The number of amides is 1. The summed E-state index contributed by atoms with van der Waals surface area (Å²) in [6.07, 6.45) is 1.17. The third-order valence-corrected chi connectivity index (χ3v) is 4.21. The number of methoxy groups -OCH3 is 1. The van der Waals surface area contributed by atoms with E-state index in [4.69, 9.17) is 4.74 Å². The first-order valence-corrected chi connectivity index (χ1v) is 8.15. The highest BCUT2D eigenvalue weighted by Gasteiger charge is 2.24. The van der Waals surface area contributed by atoms with Crippen LogP contribution in [0.15, 0.2) is 48.5 Å². The molecule has 1 atom stereocenters. The Bertz CT molecular complexity index is 700. The van der Waals surface area contributed by atoms with Gasteiger partial charge in [-0.1, -0.05) is 12.1 Å². The summed E-state index contributed by atoms with van der Waals surface area (Å²) < 4.78 is 5.16. The number of nitrogens with zero attached hydrogens (tertiary/aromatic N) is 1. The van der Waals surface area contributed by atoms with E-state index in [0.29, 0.717) is 18.7 Å². The van der Waals surface area contributed by atoms with Crippen molar-refractivity contribution in [3.63, 3.8) is 0 Å². The molecular formula is C19H22N2O3. The van der Waals surface area contributed by atoms with Crippen LogP contribution < -0.4 is 10.1 Å². The molecule has 5 nitrogen and oxygen atoms in total. The molecule has 24 heavy (non-hydrogen) atoms. The van der Waals surface area contributed by atoms with Gasteiger partial charge in [0.2, 0.25) is 0 Å². The van der Waals surface area contributed by atoms with E-state index >= 15 is 0 Å². The molecule has 1 saturated heterocycles. The number of likely N-dealkylation sites (tertiary alicyclic amines) is 1. The van der Waals surface area contributed by atoms with Gasteiger partial charge in [0, 0.05) is 18.8 Å². The number of nitrogens with one attached hydrogen (secondary N) is 1. The van der Waals surface area contributed by atoms with Crippen molar-refractivity contribution in [3.05, 3.63) is 54.1 Å². The Morgan fingerprint density at radius 3 is 2.67 bits per heavy atom. The molecule has 5 heteroatoms. The van der Waals surface area contributed by atoms with Crippen LogP contribution in [-0.2, 0) is 0 Å². The van der Waals surface area contributed by atoms with E-state index in [-0.39, 0.29) is 5.91 Å². The van der Waals surface area contributed by atoms with Crippen molar-refractivity contribution in [2.75, 3.05) is 25.5 Å². The lowest BCUT2D eigenvalue weighted by atomic mass is 10.1. The zero-order valence-electron chi connectivity index (χ0n) is 13.7. The Kier molecular flexibility index (Phi) is 5.01. The van der Waals surface area contributed by atoms with Gasteiger partial charge in [-0.15, -0.1) is 0 Å². The number of anilines is 2. The lowest BCUT2D eigenvalue weighted by molar-refractivity contribution is 0.0474. The number of hydrogen-bond donors (Lipinski definition) is 2. The van der Waals surface area contributed by atoms with Crippen LogP contribution in [0.1, 0.15) is 23.2 Å². The van der Waals surface area contributed by atoms with Crippen molar-refractivity contribution in [2.45, 2.75) is 18.9 Å². The third-order valence-electron chi connectivity index (χ3n) is 4.21. The minimum atomic E-state index is -0.426. The number of aliphatic hydroxyl groups is 1. The minimum Gasteiger partial charge on any atom is -0.497 e. The first kappa shape index (κ1) is 16.3. The SMILES string of the molecule is COc1ccc(Nc2ccccc2C(=O)N2CCCC(O)C2)cc1. The van der Waals surface area contributed by atoms with Crippen LogP contribution in [0, 0.1) is 0 Å². The highest BCUT2D eigenvalue weighted by Crippen LogP contribution is 2.25. The standard InChI is InChI=1S/C19H22N2O3/c1-24-16-10-8-14(9-11-16)20-18-7-3-2-6-17(18)19(23)21-12-4-5-15(22)13-21/h2-3,6-11,15,20,22H,4-5,12-13H2,1H3. The van der Waals surface area contributed by atoms with E-state index in [1.807, 2.05) is 48.5 Å². The number of para-hydroxylation sites is 1. The van der Waals surface area contributed by atoms with Gasteiger partial charge in [0.05, 0.1) is 24.5 Å². The third kappa shape index (κ3) is 3.68. The number of carbonyl (C=O) groups excluding carboxylic acids is 1. The van der Waals surface area contributed by atoms with Crippen molar-refractivity contribution in [1.29, 1.82) is 0 Å². The number of β-amino-alcohol motifs (C(OH)–C–C–N with tert-alkyl or cyclic N) is 1. The molecule has 2 aromatic rings. The van der Waals surface area contributed by atoms with Crippen LogP contribution in [0.5, 0.6) is 5.75 Å². The van der Waals surface area contributed by atoms with Crippen LogP contribution in [0.4, 0.5) is 11.4 Å². The summed E-state index contributed by atoms with van der Waals surface area (Å²) in [4.78, 5) is 14.5. The molecule has 2 aromatic carbocycles. The number of piperidine rings is 1. The number of rotatable bonds is 4. The molecule has 1 aliphatic heterocycles. The predicted molar refractivity (Wildman–Crippen MR) is 93.9 cm³/mol. The van der Waals surface area contributed by atoms with E-state index in [9.17, 15) is 9.90 Å². The second-order valence-corrected chi connectivity index (χ2v) is 5.95. The average Bonchev–Trinajstić information content (AvgIpc) is 2.62. The molecule has 0 aliphatic carbocycles. The second-order valence-electron chi connectivity index (χ2n) is 5.95. The van der Waals surface area contributed by atoms with Crippen LogP contribution in [-0.4, -0.2) is 42.2 Å². The maximum absolute atomic E-state index is 12.8. The number of aliphatic hydroxyl groups excluding tert-OH is 1. The van der Waals surface area contributed by atoms with E-state index < -0.39 is 6.10 Å².